The number of carbonyl (C=O) groups excluding carboxylic acids is 1. The Labute approximate surface area is 184 Å². The van der Waals surface area contributed by atoms with Crippen molar-refractivity contribution in [2.45, 2.75) is 25.9 Å². The topological polar surface area (TPSA) is 78.7 Å². The molecular formula is C22H25F2N7O. The zero-order chi connectivity index (χ0) is 22.5. The van der Waals surface area contributed by atoms with Crippen molar-refractivity contribution in [3.8, 4) is 0 Å². The van der Waals surface area contributed by atoms with Crippen LogP contribution in [0.25, 0.3) is 5.65 Å². The molecule has 32 heavy (non-hydrogen) atoms. The molecule has 0 radical (unpaired) electrons. The highest BCUT2D eigenvalue weighted by Crippen LogP contribution is 2.28. The number of imidazole rings is 1. The highest BCUT2D eigenvalue weighted by atomic mass is 19.1. The fraction of sp³-hybridized carbons (Fsp3) is 0.455. The molecule has 0 aromatic carbocycles. The summed E-state index contributed by atoms with van der Waals surface area (Å²) in [6, 6.07) is 1.23. The van der Waals surface area contributed by atoms with Gasteiger partial charge in [0.1, 0.15) is 17.2 Å². The normalized spacial score (nSPS) is 21.8. The van der Waals surface area contributed by atoms with E-state index in [4.69, 9.17) is 0 Å². The minimum atomic E-state index is -1.07. The van der Waals surface area contributed by atoms with Crippen LogP contribution in [0.3, 0.4) is 0 Å². The molecule has 5 rings (SSSR count). The number of pyridine rings is 1. The Morgan fingerprint density at radius 1 is 1.28 bits per heavy atom. The molecule has 10 heteroatoms. The van der Waals surface area contributed by atoms with Gasteiger partial charge in [0.2, 0.25) is 0 Å². The smallest absolute Gasteiger partial charge is 0.275 e. The largest absolute Gasteiger partial charge is 0.355 e. The van der Waals surface area contributed by atoms with Gasteiger partial charge in [-0.25, -0.2) is 23.7 Å². The van der Waals surface area contributed by atoms with Gasteiger partial charge >= 0.3 is 0 Å². The number of aryl methyl sites for hydroxylation is 1. The minimum absolute atomic E-state index is 0.146. The Balaban J connectivity index is 1.17. The summed E-state index contributed by atoms with van der Waals surface area (Å²) in [4.78, 5) is 29.5. The third kappa shape index (κ3) is 4.14. The first-order valence-corrected chi connectivity index (χ1v) is 10.7. The lowest BCUT2D eigenvalue weighted by atomic mass is 10.00. The molecule has 5 heterocycles. The fourth-order valence-corrected chi connectivity index (χ4v) is 4.45. The molecule has 1 atom stereocenters. The molecule has 1 amide bonds. The fourth-order valence-electron chi connectivity index (χ4n) is 4.45. The van der Waals surface area contributed by atoms with Crippen LogP contribution < -0.4 is 10.2 Å². The average molecular weight is 441 g/mol. The van der Waals surface area contributed by atoms with Crippen LogP contribution in [0.2, 0.25) is 0 Å². The maximum atomic E-state index is 14.2. The number of alkyl halides is 1. The van der Waals surface area contributed by atoms with Gasteiger partial charge in [-0.1, -0.05) is 0 Å². The number of likely N-dealkylation sites (tertiary alicyclic amines) is 1. The van der Waals surface area contributed by atoms with Gasteiger partial charge in [0, 0.05) is 57.1 Å². The zero-order valence-electron chi connectivity index (χ0n) is 18.1. The Kier molecular flexibility index (Phi) is 5.04. The second-order valence-corrected chi connectivity index (χ2v) is 9.07. The Morgan fingerprint density at radius 2 is 2.09 bits per heavy atom. The van der Waals surface area contributed by atoms with Gasteiger partial charge in [0.25, 0.3) is 5.91 Å². The maximum Gasteiger partial charge on any atom is 0.275 e. The van der Waals surface area contributed by atoms with Crippen molar-refractivity contribution in [2.24, 2.45) is 5.92 Å². The van der Waals surface area contributed by atoms with Crippen LogP contribution in [-0.2, 0) is 0 Å². The number of carbonyl (C=O) groups is 1. The van der Waals surface area contributed by atoms with Gasteiger partial charge < -0.3 is 14.6 Å². The molecule has 2 saturated heterocycles. The lowest BCUT2D eigenvalue weighted by Crippen LogP contribution is -2.51. The predicted octanol–water partition coefficient (Wildman–Crippen LogP) is 2.69. The number of hydrogen-bond donors (Lipinski definition) is 1. The first-order chi connectivity index (χ1) is 15.3. The van der Waals surface area contributed by atoms with Crippen molar-refractivity contribution in [2.75, 3.05) is 42.9 Å². The lowest BCUT2D eigenvalue weighted by Gasteiger charge is -2.41. The predicted molar refractivity (Wildman–Crippen MR) is 116 cm³/mol. The molecule has 2 aliphatic rings. The lowest BCUT2D eigenvalue weighted by molar-refractivity contribution is 0.102. The minimum Gasteiger partial charge on any atom is -0.355 e. The van der Waals surface area contributed by atoms with E-state index in [9.17, 15) is 13.6 Å². The Bertz CT molecular complexity index is 1160. The highest BCUT2D eigenvalue weighted by molar-refractivity contribution is 6.02. The summed E-state index contributed by atoms with van der Waals surface area (Å²) in [5, 5.41) is 2.65. The van der Waals surface area contributed by atoms with E-state index >= 15 is 0 Å². The number of nitrogens with zero attached hydrogens (tertiary/aromatic N) is 6. The summed E-state index contributed by atoms with van der Waals surface area (Å²) in [5.41, 5.74) is 0.275. The Hall–Kier alpha value is -3.14. The molecule has 0 aliphatic carbocycles. The molecular weight excluding hydrogens is 416 g/mol. The van der Waals surface area contributed by atoms with E-state index in [1.807, 2.05) is 0 Å². The summed E-state index contributed by atoms with van der Waals surface area (Å²) < 4.78 is 29.7. The third-order valence-electron chi connectivity index (χ3n) is 6.06. The van der Waals surface area contributed by atoms with Crippen LogP contribution in [0, 0.1) is 18.7 Å². The number of anilines is 2. The highest BCUT2D eigenvalue weighted by Gasteiger charge is 2.37. The molecule has 2 fully saturated rings. The molecule has 1 unspecified atom stereocenters. The molecule has 0 saturated carbocycles. The zero-order valence-corrected chi connectivity index (χ0v) is 18.1. The molecule has 0 bridgehead atoms. The standard InChI is InChI=1S/C22H25F2N7O/c1-14-8-31-12-16(5-17(23)20(31)27-14)28-21(32)18-6-26-19(7-25-18)30-10-15(11-30)9-29-4-3-22(2,24)13-29/h5-8,12,15H,3-4,9-11,13H2,1-2H3,(H,28,32). The molecule has 0 spiro atoms. The van der Waals surface area contributed by atoms with Gasteiger partial charge in [0.05, 0.1) is 23.8 Å². The van der Waals surface area contributed by atoms with Gasteiger partial charge in [-0.3, -0.25) is 9.69 Å². The van der Waals surface area contributed by atoms with E-state index in [1.54, 1.807) is 32.4 Å². The van der Waals surface area contributed by atoms with Crippen LogP contribution >= 0.6 is 0 Å². The number of hydrogen-bond acceptors (Lipinski definition) is 6. The van der Waals surface area contributed by atoms with Gasteiger partial charge in [0.15, 0.2) is 11.5 Å². The summed E-state index contributed by atoms with van der Waals surface area (Å²) >= 11 is 0. The average Bonchev–Trinajstić information content (AvgIpc) is 3.25. The second kappa shape index (κ2) is 7.77. The van der Waals surface area contributed by atoms with Gasteiger partial charge in [-0.15, -0.1) is 0 Å². The molecule has 3 aromatic heterocycles. The SMILES string of the molecule is Cc1cn2cc(NC(=O)c3cnc(N4CC(CN5CCC(C)(F)C5)C4)cn3)cc(F)c2n1. The van der Waals surface area contributed by atoms with E-state index in [1.165, 1.54) is 16.7 Å². The van der Waals surface area contributed by atoms with E-state index in [-0.39, 0.29) is 11.3 Å². The molecule has 3 aromatic rings. The maximum absolute atomic E-state index is 14.2. The summed E-state index contributed by atoms with van der Waals surface area (Å²) in [5.74, 6) is 0.195. The summed E-state index contributed by atoms with van der Waals surface area (Å²) in [7, 11) is 0. The molecule has 1 N–H and O–H groups in total. The van der Waals surface area contributed by atoms with Crippen molar-refractivity contribution in [1.82, 2.24) is 24.3 Å². The third-order valence-corrected chi connectivity index (χ3v) is 6.06. The number of nitrogens with one attached hydrogen (secondary N) is 1. The van der Waals surface area contributed by atoms with Crippen molar-refractivity contribution < 1.29 is 13.6 Å². The monoisotopic (exact) mass is 441 g/mol. The summed E-state index contributed by atoms with van der Waals surface area (Å²) in [6.45, 7) is 7.32. The van der Waals surface area contributed by atoms with Gasteiger partial charge in [-0.05, 0) is 20.3 Å². The molecule has 2 aliphatic heterocycles. The molecule has 168 valence electrons. The van der Waals surface area contributed by atoms with Crippen molar-refractivity contribution in [3.05, 3.63) is 48.1 Å². The first kappa shape index (κ1) is 20.7. The van der Waals surface area contributed by atoms with E-state index < -0.39 is 17.4 Å². The quantitative estimate of drug-likeness (QED) is 0.656. The number of amides is 1. The van der Waals surface area contributed by atoms with E-state index in [0.29, 0.717) is 36.1 Å². The van der Waals surface area contributed by atoms with Crippen molar-refractivity contribution in [3.63, 3.8) is 0 Å². The number of halogens is 2. The number of fused-ring (bicyclic) bond motifs is 1. The van der Waals surface area contributed by atoms with Crippen LogP contribution in [0.15, 0.2) is 30.9 Å². The van der Waals surface area contributed by atoms with Crippen molar-refractivity contribution >= 4 is 23.1 Å². The second-order valence-electron chi connectivity index (χ2n) is 9.07. The number of aromatic nitrogens is 4. The number of rotatable bonds is 5. The van der Waals surface area contributed by atoms with Crippen LogP contribution in [0.5, 0.6) is 0 Å². The van der Waals surface area contributed by atoms with Crippen LogP contribution in [0.1, 0.15) is 29.5 Å². The van der Waals surface area contributed by atoms with Crippen molar-refractivity contribution in [1.29, 1.82) is 0 Å². The van der Waals surface area contributed by atoms with Crippen LogP contribution in [0.4, 0.5) is 20.3 Å². The Morgan fingerprint density at radius 3 is 2.78 bits per heavy atom. The van der Waals surface area contributed by atoms with Crippen LogP contribution in [-0.4, -0.2) is 68.6 Å². The first-order valence-electron chi connectivity index (χ1n) is 10.7. The van der Waals surface area contributed by atoms with Gasteiger partial charge in [-0.2, -0.15) is 0 Å². The molecule has 8 nitrogen and oxygen atoms in total. The summed E-state index contributed by atoms with van der Waals surface area (Å²) in [6.07, 6.45) is 6.87. The van der Waals surface area contributed by atoms with E-state index in [2.05, 4.69) is 30.1 Å². The van der Waals surface area contributed by atoms with E-state index in [0.717, 1.165) is 26.2 Å².